The molecular weight excluding hydrogens is 362 g/mol. The van der Waals surface area contributed by atoms with Crippen LogP contribution in [0.5, 0.6) is 0 Å². The van der Waals surface area contributed by atoms with E-state index in [1.165, 1.54) is 16.3 Å². The van der Waals surface area contributed by atoms with Crippen LogP contribution in [0.2, 0.25) is 0 Å². The molecule has 1 atom stereocenters. The molecule has 0 aromatic heterocycles. The number of rotatable bonds is 10. The van der Waals surface area contributed by atoms with Crippen LogP contribution >= 0.6 is 0 Å². The normalized spacial score (nSPS) is 13.0. The minimum absolute atomic E-state index is 0.00734. The van der Waals surface area contributed by atoms with Crippen molar-refractivity contribution in [1.29, 1.82) is 0 Å². The molecule has 0 aliphatic rings. The van der Waals surface area contributed by atoms with Gasteiger partial charge in [-0.2, -0.15) is 0 Å². The Labute approximate surface area is 173 Å². The first-order chi connectivity index (χ1) is 14.0. The first-order valence-electron chi connectivity index (χ1n) is 10.1. The van der Waals surface area contributed by atoms with Crippen molar-refractivity contribution in [2.24, 2.45) is 0 Å². The van der Waals surface area contributed by atoms with Crippen molar-refractivity contribution in [3.8, 4) is 0 Å². The second kappa shape index (κ2) is 9.99. The molecule has 0 aliphatic carbocycles. The molecule has 0 spiro atoms. The van der Waals surface area contributed by atoms with Gasteiger partial charge in [0.25, 0.3) is 0 Å². The molecule has 4 nitrogen and oxygen atoms in total. The van der Waals surface area contributed by atoms with Gasteiger partial charge >= 0.3 is 0 Å². The summed E-state index contributed by atoms with van der Waals surface area (Å²) in [7, 11) is 0. The maximum Gasteiger partial charge on any atom is 0.0898 e. The predicted octanol–water partition coefficient (Wildman–Crippen LogP) is 3.82. The van der Waals surface area contributed by atoms with Gasteiger partial charge in [0, 0.05) is 12.1 Å². The summed E-state index contributed by atoms with van der Waals surface area (Å²) in [6, 6.07) is 22.6. The molecule has 154 valence electrons. The lowest BCUT2D eigenvalue weighted by Crippen LogP contribution is -2.46. The Bertz CT molecular complexity index is 923. The zero-order valence-electron chi connectivity index (χ0n) is 17.3. The van der Waals surface area contributed by atoms with Crippen molar-refractivity contribution in [1.82, 2.24) is 5.32 Å². The van der Waals surface area contributed by atoms with Gasteiger partial charge in [-0.3, -0.25) is 0 Å². The van der Waals surface area contributed by atoms with Gasteiger partial charge in [-0.1, -0.05) is 66.7 Å². The van der Waals surface area contributed by atoms with Crippen LogP contribution in [-0.2, 0) is 24.4 Å². The minimum atomic E-state index is -0.591. The molecule has 3 aromatic carbocycles. The number of β-amino-alcohol motifs (C(OH)–C–C–N with tert-alkyl or cyclic N) is 1. The van der Waals surface area contributed by atoms with Crippen LogP contribution in [0.3, 0.4) is 0 Å². The quantitative estimate of drug-likeness (QED) is 0.490. The van der Waals surface area contributed by atoms with Gasteiger partial charge in [0.2, 0.25) is 0 Å². The lowest BCUT2D eigenvalue weighted by Gasteiger charge is -2.28. The molecule has 0 bridgehead atoms. The molecule has 0 fully saturated rings. The smallest absolute Gasteiger partial charge is 0.0898 e. The molecule has 0 aliphatic heterocycles. The zero-order chi connectivity index (χ0) is 20.7. The number of hydrogen-bond donors (Lipinski definition) is 3. The Morgan fingerprint density at radius 3 is 2.38 bits per heavy atom. The summed E-state index contributed by atoms with van der Waals surface area (Å²) < 4.78 is 5.65. The molecular formula is C25H31NO3. The third-order valence-corrected chi connectivity index (χ3v) is 5.13. The number of benzene rings is 3. The maximum atomic E-state index is 10.3. The van der Waals surface area contributed by atoms with E-state index in [9.17, 15) is 10.2 Å². The second-order valence-electron chi connectivity index (χ2n) is 8.22. The van der Waals surface area contributed by atoms with Crippen LogP contribution in [0.4, 0.5) is 0 Å². The largest absolute Gasteiger partial charge is 0.392 e. The minimum Gasteiger partial charge on any atom is -0.392 e. The fourth-order valence-electron chi connectivity index (χ4n) is 3.53. The molecule has 3 aromatic rings. The highest BCUT2D eigenvalue weighted by Gasteiger charge is 2.19. The van der Waals surface area contributed by atoms with Crippen LogP contribution in [0.15, 0.2) is 66.7 Å². The Morgan fingerprint density at radius 2 is 1.62 bits per heavy atom. The number of nitrogens with one attached hydrogen (secondary N) is 1. The van der Waals surface area contributed by atoms with E-state index >= 15 is 0 Å². The molecule has 0 amide bonds. The molecule has 0 heterocycles. The Balaban J connectivity index is 1.46. The molecule has 1 unspecified atom stereocenters. The standard InChI is InChI=1S/C25H31NO3/c1-25(2,14-19-11-12-20-7-3-4-8-21(20)13-19)26-15-24(28)18-29-17-23-10-6-5-9-22(23)16-27/h3-13,24,26-28H,14-18H2,1-2H3. The monoisotopic (exact) mass is 393 g/mol. The third-order valence-electron chi connectivity index (χ3n) is 5.13. The average Bonchev–Trinajstić information content (AvgIpc) is 2.72. The number of aliphatic hydroxyl groups is 2. The van der Waals surface area contributed by atoms with Crippen LogP contribution in [0, 0.1) is 0 Å². The van der Waals surface area contributed by atoms with E-state index in [0.29, 0.717) is 13.2 Å². The highest BCUT2D eigenvalue weighted by molar-refractivity contribution is 5.83. The number of aliphatic hydroxyl groups excluding tert-OH is 2. The van der Waals surface area contributed by atoms with Gasteiger partial charge in [0.05, 0.1) is 25.9 Å². The molecule has 3 N–H and O–H groups in total. The van der Waals surface area contributed by atoms with E-state index in [1.807, 2.05) is 24.3 Å². The maximum absolute atomic E-state index is 10.3. The summed E-state index contributed by atoms with van der Waals surface area (Å²) in [5, 5.41) is 25.6. The Hall–Kier alpha value is -2.24. The van der Waals surface area contributed by atoms with Gasteiger partial charge in [-0.15, -0.1) is 0 Å². The van der Waals surface area contributed by atoms with Crippen LogP contribution < -0.4 is 5.32 Å². The molecule has 0 saturated heterocycles. The fraction of sp³-hybridized carbons (Fsp3) is 0.360. The number of fused-ring (bicyclic) bond motifs is 1. The molecule has 0 radical (unpaired) electrons. The summed E-state index contributed by atoms with van der Waals surface area (Å²) in [6.45, 7) is 5.38. The molecule has 29 heavy (non-hydrogen) atoms. The summed E-state index contributed by atoms with van der Waals surface area (Å²) in [5.74, 6) is 0. The van der Waals surface area contributed by atoms with E-state index in [-0.39, 0.29) is 18.8 Å². The van der Waals surface area contributed by atoms with Crippen molar-refractivity contribution in [2.45, 2.75) is 45.1 Å². The highest BCUT2D eigenvalue weighted by atomic mass is 16.5. The van der Waals surface area contributed by atoms with E-state index in [4.69, 9.17) is 4.74 Å². The first-order valence-corrected chi connectivity index (χ1v) is 10.1. The van der Waals surface area contributed by atoms with Gasteiger partial charge in [0.1, 0.15) is 0 Å². The summed E-state index contributed by atoms with van der Waals surface area (Å²) in [4.78, 5) is 0. The SMILES string of the molecule is CC(C)(Cc1ccc2ccccc2c1)NCC(O)COCc1ccccc1CO. The predicted molar refractivity (Wildman–Crippen MR) is 118 cm³/mol. The van der Waals surface area contributed by atoms with E-state index in [2.05, 4.69) is 61.6 Å². The van der Waals surface area contributed by atoms with E-state index < -0.39 is 6.10 Å². The highest BCUT2D eigenvalue weighted by Crippen LogP contribution is 2.19. The van der Waals surface area contributed by atoms with Gasteiger partial charge in [-0.05, 0) is 47.7 Å². The molecule has 4 heteroatoms. The second-order valence-corrected chi connectivity index (χ2v) is 8.22. The third kappa shape index (κ3) is 6.38. The zero-order valence-corrected chi connectivity index (χ0v) is 17.3. The fourth-order valence-corrected chi connectivity index (χ4v) is 3.53. The summed E-state index contributed by atoms with van der Waals surface area (Å²) in [6.07, 6.45) is 0.280. The van der Waals surface area contributed by atoms with Gasteiger partial charge < -0.3 is 20.3 Å². The van der Waals surface area contributed by atoms with Crippen molar-refractivity contribution >= 4 is 10.8 Å². The van der Waals surface area contributed by atoms with Crippen LogP contribution in [0.1, 0.15) is 30.5 Å². The average molecular weight is 394 g/mol. The Morgan fingerprint density at radius 1 is 0.931 bits per heavy atom. The van der Waals surface area contributed by atoms with E-state index in [1.54, 1.807) is 0 Å². The van der Waals surface area contributed by atoms with E-state index in [0.717, 1.165) is 17.5 Å². The Kier molecular flexibility index (Phi) is 7.40. The van der Waals surface area contributed by atoms with Crippen LogP contribution in [0.25, 0.3) is 10.8 Å². The summed E-state index contributed by atoms with van der Waals surface area (Å²) >= 11 is 0. The molecule has 0 saturated carbocycles. The van der Waals surface area contributed by atoms with Crippen molar-refractivity contribution in [2.75, 3.05) is 13.2 Å². The topological polar surface area (TPSA) is 61.7 Å². The lowest BCUT2D eigenvalue weighted by molar-refractivity contribution is 0.0252. The van der Waals surface area contributed by atoms with Crippen molar-refractivity contribution < 1.29 is 14.9 Å². The first kappa shape index (κ1) is 21.5. The lowest BCUT2D eigenvalue weighted by atomic mass is 9.93. The summed E-state index contributed by atoms with van der Waals surface area (Å²) in [5.41, 5.74) is 2.93. The van der Waals surface area contributed by atoms with Crippen LogP contribution in [-0.4, -0.2) is 35.0 Å². The number of ether oxygens (including phenoxy) is 1. The molecule has 3 rings (SSSR count). The van der Waals surface area contributed by atoms with Gasteiger partial charge in [-0.25, -0.2) is 0 Å². The number of hydrogen-bond acceptors (Lipinski definition) is 4. The van der Waals surface area contributed by atoms with Crippen molar-refractivity contribution in [3.63, 3.8) is 0 Å². The van der Waals surface area contributed by atoms with Crippen molar-refractivity contribution in [3.05, 3.63) is 83.4 Å². The van der Waals surface area contributed by atoms with Gasteiger partial charge in [0.15, 0.2) is 0 Å².